The molecule has 158 valence electrons. The van der Waals surface area contributed by atoms with Crippen LogP contribution in [0.2, 0.25) is 0 Å². The number of sulfonamides is 1. The number of carbonyl (C=O) groups is 1. The molecule has 1 amide bonds. The predicted octanol–water partition coefficient (Wildman–Crippen LogP) is 3.74. The maximum atomic E-state index is 13.7. The number of aryl methyl sites for hydroxylation is 1. The summed E-state index contributed by atoms with van der Waals surface area (Å²) in [4.78, 5) is 13.3. The van der Waals surface area contributed by atoms with Crippen LogP contribution in [0.5, 0.6) is 0 Å². The molecule has 30 heavy (non-hydrogen) atoms. The molecule has 0 unspecified atom stereocenters. The van der Waals surface area contributed by atoms with Crippen molar-refractivity contribution in [1.29, 1.82) is 0 Å². The second kappa shape index (κ2) is 8.29. The Kier molecular flexibility index (Phi) is 5.72. The Morgan fingerprint density at radius 2 is 1.97 bits per heavy atom. The number of piperidine rings is 1. The first-order valence-corrected chi connectivity index (χ1v) is 11.8. The van der Waals surface area contributed by atoms with E-state index in [2.05, 4.69) is 15.5 Å². The molecule has 0 saturated carbocycles. The van der Waals surface area contributed by atoms with Crippen LogP contribution in [0.25, 0.3) is 0 Å². The molecule has 3 heterocycles. The van der Waals surface area contributed by atoms with Crippen molar-refractivity contribution >= 4 is 33.0 Å². The van der Waals surface area contributed by atoms with Gasteiger partial charge < -0.3 is 5.32 Å². The zero-order chi connectivity index (χ0) is 21.3. The van der Waals surface area contributed by atoms with E-state index in [1.807, 2.05) is 13.0 Å². The van der Waals surface area contributed by atoms with E-state index >= 15 is 0 Å². The van der Waals surface area contributed by atoms with Crippen LogP contribution in [-0.4, -0.2) is 41.9 Å². The van der Waals surface area contributed by atoms with E-state index in [0.29, 0.717) is 30.1 Å². The molecule has 2 N–H and O–H groups in total. The summed E-state index contributed by atoms with van der Waals surface area (Å²) in [6.45, 7) is 2.69. The monoisotopic (exact) mass is 448 g/mol. The first-order valence-electron chi connectivity index (χ1n) is 9.52. The van der Waals surface area contributed by atoms with Crippen LogP contribution in [0.3, 0.4) is 0 Å². The van der Waals surface area contributed by atoms with E-state index in [4.69, 9.17) is 0 Å². The molecule has 3 aromatic rings. The number of aromatic amines is 1. The Bertz CT molecular complexity index is 1160. The van der Waals surface area contributed by atoms with Gasteiger partial charge in [-0.3, -0.25) is 9.89 Å². The second-order valence-corrected chi connectivity index (χ2v) is 10.6. The standard InChI is InChI=1S/C20H21FN4O3S2/c1-13-6-7-19(29-13)30(27,28)25-10-8-14(9-11-25)17-12-18(24-23-17)20(26)22-16-5-3-2-4-15(16)21/h2-7,12,14H,8-11H2,1H3,(H,22,26)(H,23,24). The molecule has 7 nitrogen and oxygen atoms in total. The Morgan fingerprint density at radius 1 is 1.23 bits per heavy atom. The highest BCUT2D eigenvalue weighted by molar-refractivity contribution is 7.91. The number of anilines is 1. The third-order valence-electron chi connectivity index (χ3n) is 5.16. The summed E-state index contributed by atoms with van der Waals surface area (Å²) >= 11 is 1.28. The van der Waals surface area contributed by atoms with Gasteiger partial charge in [-0.2, -0.15) is 9.40 Å². The van der Waals surface area contributed by atoms with Gasteiger partial charge in [0.05, 0.1) is 5.69 Å². The minimum absolute atomic E-state index is 0.0732. The quantitative estimate of drug-likeness (QED) is 0.622. The van der Waals surface area contributed by atoms with Gasteiger partial charge in [-0.05, 0) is 50.1 Å². The average Bonchev–Trinajstić information content (AvgIpc) is 3.40. The molecular weight excluding hydrogens is 427 g/mol. The number of benzene rings is 1. The topological polar surface area (TPSA) is 95.2 Å². The first-order chi connectivity index (χ1) is 14.3. The predicted molar refractivity (Wildman–Crippen MR) is 113 cm³/mol. The smallest absolute Gasteiger partial charge is 0.276 e. The highest BCUT2D eigenvalue weighted by atomic mass is 32.2. The molecule has 1 aliphatic heterocycles. The molecule has 1 fully saturated rings. The molecule has 4 rings (SSSR count). The molecule has 10 heteroatoms. The van der Waals surface area contributed by atoms with Gasteiger partial charge in [0.2, 0.25) is 0 Å². The lowest BCUT2D eigenvalue weighted by Crippen LogP contribution is -2.37. The van der Waals surface area contributed by atoms with Crippen LogP contribution >= 0.6 is 11.3 Å². The van der Waals surface area contributed by atoms with Gasteiger partial charge in [0, 0.05) is 29.6 Å². The third kappa shape index (κ3) is 4.16. The Labute approximate surface area is 178 Å². The molecule has 1 saturated heterocycles. The van der Waals surface area contributed by atoms with Crippen molar-refractivity contribution in [3.05, 3.63) is 64.5 Å². The van der Waals surface area contributed by atoms with Crippen LogP contribution in [0.15, 0.2) is 46.7 Å². The highest BCUT2D eigenvalue weighted by Crippen LogP contribution is 2.32. The molecule has 0 radical (unpaired) electrons. The number of nitrogens with one attached hydrogen (secondary N) is 2. The number of amides is 1. The summed E-state index contributed by atoms with van der Waals surface area (Å²) in [5.74, 6) is -0.948. The van der Waals surface area contributed by atoms with Crippen molar-refractivity contribution in [3.63, 3.8) is 0 Å². The fraction of sp³-hybridized carbons (Fsp3) is 0.300. The van der Waals surface area contributed by atoms with Gasteiger partial charge in [0.15, 0.2) is 5.69 Å². The number of rotatable bonds is 5. The summed E-state index contributed by atoms with van der Waals surface area (Å²) in [6, 6.07) is 11.0. The van der Waals surface area contributed by atoms with E-state index in [1.54, 1.807) is 24.3 Å². The minimum atomic E-state index is -3.47. The van der Waals surface area contributed by atoms with Crippen molar-refractivity contribution < 1.29 is 17.6 Å². The van der Waals surface area contributed by atoms with Crippen molar-refractivity contribution in [2.24, 2.45) is 0 Å². The molecule has 1 aliphatic rings. The number of thiophene rings is 1. The molecule has 2 aromatic heterocycles. The summed E-state index contributed by atoms with van der Waals surface area (Å²) < 4.78 is 41.1. The maximum Gasteiger partial charge on any atom is 0.276 e. The Hall–Kier alpha value is -2.56. The Morgan fingerprint density at radius 3 is 2.63 bits per heavy atom. The lowest BCUT2D eigenvalue weighted by molar-refractivity contribution is 0.102. The Balaban J connectivity index is 1.39. The second-order valence-electron chi connectivity index (χ2n) is 7.19. The lowest BCUT2D eigenvalue weighted by Gasteiger charge is -2.30. The van der Waals surface area contributed by atoms with Crippen LogP contribution in [0.1, 0.15) is 39.8 Å². The summed E-state index contributed by atoms with van der Waals surface area (Å²) in [7, 11) is -3.47. The van der Waals surface area contributed by atoms with Crippen molar-refractivity contribution in [2.45, 2.75) is 29.9 Å². The molecule has 0 aliphatic carbocycles. The number of hydrogen-bond donors (Lipinski definition) is 2. The van der Waals surface area contributed by atoms with Crippen LogP contribution in [0.4, 0.5) is 10.1 Å². The van der Waals surface area contributed by atoms with E-state index in [0.717, 1.165) is 10.6 Å². The lowest BCUT2D eigenvalue weighted by atomic mass is 9.94. The van der Waals surface area contributed by atoms with Crippen molar-refractivity contribution in [3.8, 4) is 0 Å². The van der Waals surface area contributed by atoms with E-state index in [9.17, 15) is 17.6 Å². The molecule has 0 spiro atoms. The van der Waals surface area contributed by atoms with Gasteiger partial charge in [0.25, 0.3) is 15.9 Å². The SMILES string of the molecule is Cc1ccc(S(=O)(=O)N2CCC(c3cc(C(=O)Nc4ccccc4F)n[nH]3)CC2)s1. The number of halogens is 1. The van der Waals surface area contributed by atoms with Gasteiger partial charge in [0.1, 0.15) is 10.0 Å². The molecular formula is C20H21FN4O3S2. The minimum Gasteiger partial charge on any atom is -0.318 e. The van der Waals surface area contributed by atoms with Gasteiger partial charge in [-0.15, -0.1) is 11.3 Å². The number of nitrogens with zero attached hydrogens (tertiary/aromatic N) is 2. The first kappa shape index (κ1) is 20.7. The average molecular weight is 449 g/mol. The number of para-hydroxylation sites is 1. The largest absolute Gasteiger partial charge is 0.318 e. The molecule has 0 bridgehead atoms. The summed E-state index contributed by atoms with van der Waals surface area (Å²) in [5.41, 5.74) is 1.03. The maximum absolute atomic E-state index is 13.7. The fourth-order valence-corrected chi connectivity index (χ4v) is 6.40. The van der Waals surface area contributed by atoms with Gasteiger partial charge in [-0.1, -0.05) is 12.1 Å². The zero-order valence-electron chi connectivity index (χ0n) is 16.3. The van der Waals surface area contributed by atoms with Crippen LogP contribution in [-0.2, 0) is 10.0 Å². The van der Waals surface area contributed by atoms with Crippen molar-refractivity contribution in [1.82, 2.24) is 14.5 Å². The van der Waals surface area contributed by atoms with Crippen molar-refractivity contribution in [2.75, 3.05) is 18.4 Å². The van der Waals surface area contributed by atoms with Crippen LogP contribution in [0, 0.1) is 12.7 Å². The highest BCUT2D eigenvalue weighted by Gasteiger charge is 2.31. The summed E-state index contributed by atoms with van der Waals surface area (Å²) in [5, 5.41) is 9.43. The third-order valence-corrected chi connectivity index (χ3v) is 8.52. The molecule has 1 aromatic carbocycles. The van der Waals surface area contributed by atoms with E-state index in [1.165, 1.54) is 27.8 Å². The van der Waals surface area contributed by atoms with Crippen LogP contribution < -0.4 is 5.32 Å². The number of H-pyrrole nitrogens is 1. The normalized spacial score (nSPS) is 15.9. The summed E-state index contributed by atoms with van der Waals surface area (Å²) in [6.07, 6.45) is 1.25. The number of aromatic nitrogens is 2. The number of hydrogen-bond acceptors (Lipinski definition) is 5. The van der Waals surface area contributed by atoms with Gasteiger partial charge in [-0.25, -0.2) is 12.8 Å². The van der Waals surface area contributed by atoms with E-state index in [-0.39, 0.29) is 17.3 Å². The molecule has 0 atom stereocenters. The zero-order valence-corrected chi connectivity index (χ0v) is 17.9. The van der Waals surface area contributed by atoms with Gasteiger partial charge >= 0.3 is 0 Å². The fourth-order valence-electron chi connectivity index (χ4n) is 3.50. The number of carbonyl (C=O) groups excluding carboxylic acids is 1. The van der Waals surface area contributed by atoms with E-state index < -0.39 is 21.7 Å².